The van der Waals surface area contributed by atoms with E-state index < -0.39 is 0 Å². The normalized spacial score (nSPS) is 29.9. The SMILES string of the molecule is C1CCC2(CC1)C1=C(CCCC1)NC1=C2CCCC1. The molecule has 4 aliphatic rings. The van der Waals surface area contributed by atoms with Crippen molar-refractivity contribution in [2.45, 2.75) is 83.5 Å². The van der Waals surface area contributed by atoms with Crippen LogP contribution in [0.4, 0.5) is 0 Å². The maximum absolute atomic E-state index is 3.89. The summed E-state index contributed by atoms with van der Waals surface area (Å²) in [6.07, 6.45) is 18.4. The highest BCUT2D eigenvalue weighted by Gasteiger charge is 2.44. The predicted molar refractivity (Wildman–Crippen MR) is 79.6 cm³/mol. The molecular weight excluding hydrogens is 230 g/mol. The van der Waals surface area contributed by atoms with Crippen molar-refractivity contribution in [3.8, 4) is 0 Å². The summed E-state index contributed by atoms with van der Waals surface area (Å²) in [5.41, 5.74) is 7.58. The van der Waals surface area contributed by atoms with Gasteiger partial charge in [-0.3, -0.25) is 0 Å². The molecule has 0 unspecified atom stereocenters. The summed E-state index contributed by atoms with van der Waals surface area (Å²) in [5, 5.41) is 3.89. The molecule has 0 amide bonds. The lowest BCUT2D eigenvalue weighted by Crippen LogP contribution is -2.40. The Morgan fingerprint density at radius 3 is 1.68 bits per heavy atom. The molecule has 1 saturated carbocycles. The first kappa shape index (κ1) is 12.1. The molecular formula is C18H27N. The molecule has 3 aliphatic carbocycles. The molecule has 1 heterocycles. The van der Waals surface area contributed by atoms with Gasteiger partial charge in [0.15, 0.2) is 0 Å². The van der Waals surface area contributed by atoms with E-state index >= 15 is 0 Å². The average molecular weight is 257 g/mol. The average Bonchev–Trinajstić information content (AvgIpc) is 2.49. The van der Waals surface area contributed by atoms with Crippen LogP contribution in [0.2, 0.25) is 0 Å². The molecule has 1 N–H and O–H groups in total. The van der Waals surface area contributed by atoms with Crippen LogP contribution in [0.5, 0.6) is 0 Å². The van der Waals surface area contributed by atoms with Gasteiger partial charge in [-0.05, 0) is 75.4 Å². The van der Waals surface area contributed by atoms with Crippen LogP contribution in [0.1, 0.15) is 83.5 Å². The summed E-state index contributed by atoms with van der Waals surface area (Å²) < 4.78 is 0. The summed E-state index contributed by atoms with van der Waals surface area (Å²) in [4.78, 5) is 0. The van der Waals surface area contributed by atoms with Gasteiger partial charge in [-0.2, -0.15) is 0 Å². The van der Waals surface area contributed by atoms with Gasteiger partial charge in [0.2, 0.25) is 0 Å². The second-order valence-corrected chi connectivity index (χ2v) is 7.10. The van der Waals surface area contributed by atoms with Crippen LogP contribution in [0.25, 0.3) is 0 Å². The molecule has 0 bridgehead atoms. The number of dihydropyridines is 1. The van der Waals surface area contributed by atoms with Gasteiger partial charge in [0.25, 0.3) is 0 Å². The number of rotatable bonds is 0. The predicted octanol–water partition coefficient (Wildman–Crippen LogP) is 5.20. The van der Waals surface area contributed by atoms with E-state index in [9.17, 15) is 0 Å². The van der Waals surface area contributed by atoms with Gasteiger partial charge < -0.3 is 5.32 Å². The molecule has 1 nitrogen and oxygen atoms in total. The summed E-state index contributed by atoms with van der Waals surface area (Å²) in [5.74, 6) is 0. The minimum Gasteiger partial charge on any atom is -0.362 e. The molecule has 4 rings (SSSR count). The van der Waals surface area contributed by atoms with Crippen molar-refractivity contribution in [2.24, 2.45) is 5.41 Å². The highest BCUT2D eigenvalue weighted by molar-refractivity contribution is 5.43. The van der Waals surface area contributed by atoms with Gasteiger partial charge in [0.05, 0.1) is 0 Å². The molecule has 1 heteroatoms. The second kappa shape index (κ2) is 4.68. The van der Waals surface area contributed by atoms with E-state index in [0.717, 1.165) is 0 Å². The fourth-order valence-corrected chi connectivity index (χ4v) is 5.27. The standard InChI is InChI=1S/C18H27N/c1-6-12-18(13-7-1)14-8-2-4-10-16(14)19-17-11-5-3-9-15(17)18/h19H,1-13H2. The maximum Gasteiger partial charge on any atom is 0.0161 e. The fourth-order valence-electron chi connectivity index (χ4n) is 5.27. The highest BCUT2D eigenvalue weighted by Crippen LogP contribution is 2.57. The van der Waals surface area contributed by atoms with Crippen LogP contribution < -0.4 is 5.32 Å². The number of hydrogen-bond donors (Lipinski definition) is 1. The quantitative estimate of drug-likeness (QED) is 0.629. The largest absolute Gasteiger partial charge is 0.362 e. The van der Waals surface area contributed by atoms with Crippen molar-refractivity contribution in [2.75, 3.05) is 0 Å². The Labute approximate surface area is 117 Å². The molecule has 0 radical (unpaired) electrons. The van der Waals surface area contributed by atoms with Crippen LogP contribution in [0.3, 0.4) is 0 Å². The summed E-state index contributed by atoms with van der Waals surface area (Å²) >= 11 is 0. The third-order valence-electron chi connectivity index (χ3n) is 6.10. The molecule has 1 fully saturated rings. The van der Waals surface area contributed by atoms with Crippen LogP contribution in [0, 0.1) is 5.41 Å². The van der Waals surface area contributed by atoms with E-state index in [2.05, 4.69) is 5.32 Å². The monoisotopic (exact) mass is 257 g/mol. The number of nitrogens with one attached hydrogen (secondary N) is 1. The molecule has 19 heavy (non-hydrogen) atoms. The van der Waals surface area contributed by atoms with Gasteiger partial charge in [-0.25, -0.2) is 0 Å². The Morgan fingerprint density at radius 2 is 1.11 bits per heavy atom. The van der Waals surface area contributed by atoms with Gasteiger partial charge in [-0.1, -0.05) is 19.3 Å². The van der Waals surface area contributed by atoms with E-state index in [1.54, 1.807) is 11.4 Å². The lowest BCUT2D eigenvalue weighted by Gasteiger charge is -2.49. The first-order valence-corrected chi connectivity index (χ1v) is 8.62. The summed E-state index contributed by atoms with van der Waals surface area (Å²) in [6.45, 7) is 0. The van der Waals surface area contributed by atoms with Crippen molar-refractivity contribution in [1.29, 1.82) is 0 Å². The molecule has 0 atom stereocenters. The number of hydrogen-bond acceptors (Lipinski definition) is 1. The third kappa shape index (κ3) is 1.80. The summed E-state index contributed by atoms with van der Waals surface area (Å²) in [6, 6.07) is 0. The van der Waals surface area contributed by atoms with Crippen molar-refractivity contribution in [3.63, 3.8) is 0 Å². The van der Waals surface area contributed by atoms with E-state index in [1.807, 2.05) is 11.1 Å². The lowest BCUT2D eigenvalue weighted by molar-refractivity contribution is 0.248. The molecule has 0 aromatic carbocycles. The molecule has 0 aromatic rings. The van der Waals surface area contributed by atoms with E-state index in [0.29, 0.717) is 5.41 Å². The molecule has 1 spiro atoms. The minimum absolute atomic E-state index is 0.537. The number of allylic oxidation sites excluding steroid dienone is 4. The van der Waals surface area contributed by atoms with Crippen LogP contribution in [-0.4, -0.2) is 0 Å². The lowest BCUT2D eigenvalue weighted by atomic mass is 9.58. The Morgan fingerprint density at radius 1 is 0.579 bits per heavy atom. The fraction of sp³-hybridized carbons (Fsp3) is 0.778. The van der Waals surface area contributed by atoms with Crippen LogP contribution in [-0.2, 0) is 0 Å². The Bertz CT molecular complexity index is 401. The zero-order chi connectivity index (χ0) is 12.7. The van der Waals surface area contributed by atoms with Crippen molar-refractivity contribution >= 4 is 0 Å². The smallest absolute Gasteiger partial charge is 0.0161 e. The first-order chi connectivity index (χ1) is 9.40. The molecule has 0 saturated heterocycles. The maximum atomic E-state index is 3.89. The Hall–Kier alpha value is -0.720. The Kier molecular flexibility index (Phi) is 2.97. The minimum atomic E-state index is 0.537. The van der Waals surface area contributed by atoms with E-state index in [4.69, 9.17) is 0 Å². The van der Waals surface area contributed by atoms with Crippen LogP contribution in [0.15, 0.2) is 22.5 Å². The molecule has 104 valence electrons. The van der Waals surface area contributed by atoms with E-state index in [-0.39, 0.29) is 0 Å². The Balaban J connectivity index is 1.81. The topological polar surface area (TPSA) is 12.0 Å². The van der Waals surface area contributed by atoms with E-state index in [1.165, 1.54) is 83.5 Å². The summed E-state index contributed by atoms with van der Waals surface area (Å²) in [7, 11) is 0. The second-order valence-electron chi connectivity index (χ2n) is 7.10. The van der Waals surface area contributed by atoms with Crippen LogP contribution >= 0.6 is 0 Å². The zero-order valence-electron chi connectivity index (χ0n) is 12.2. The molecule has 0 aromatic heterocycles. The first-order valence-electron chi connectivity index (χ1n) is 8.62. The number of fused-ring (bicyclic) bond motifs is 2. The highest BCUT2D eigenvalue weighted by atomic mass is 14.9. The zero-order valence-corrected chi connectivity index (χ0v) is 12.2. The third-order valence-corrected chi connectivity index (χ3v) is 6.10. The van der Waals surface area contributed by atoms with Gasteiger partial charge >= 0.3 is 0 Å². The molecule has 1 aliphatic heterocycles. The van der Waals surface area contributed by atoms with Crippen molar-refractivity contribution < 1.29 is 0 Å². The van der Waals surface area contributed by atoms with Crippen molar-refractivity contribution in [1.82, 2.24) is 5.32 Å². The van der Waals surface area contributed by atoms with Crippen molar-refractivity contribution in [3.05, 3.63) is 22.5 Å². The van der Waals surface area contributed by atoms with Gasteiger partial charge in [0.1, 0.15) is 0 Å². The van der Waals surface area contributed by atoms with Gasteiger partial charge in [-0.15, -0.1) is 0 Å². The van der Waals surface area contributed by atoms with Gasteiger partial charge in [0, 0.05) is 16.8 Å².